The fraction of sp³-hybridized carbons (Fsp3) is 0.429. The fourth-order valence-electron chi connectivity index (χ4n) is 2.92. The first-order chi connectivity index (χ1) is 14.2. The molecule has 162 valence electrons. The van der Waals surface area contributed by atoms with Gasteiger partial charge in [-0.25, -0.2) is 4.98 Å². The number of carboxylic acids is 1. The van der Waals surface area contributed by atoms with Gasteiger partial charge in [0, 0.05) is 0 Å². The van der Waals surface area contributed by atoms with E-state index in [0.29, 0.717) is 12.2 Å². The van der Waals surface area contributed by atoms with E-state index in [2.05, 4.69) is 15.6 Å². The average molecular weight is 417 g/mol. The minimum absolute atomic E-state index is 0.00190. The SMILES string of the molecule is COc1cccc(CC(=O)NC(CC(C)C)c2nc(C(=O)NCC(=O)O)c(C)o2)c1. The van der Waals surface area contributed by atoms with E-state index in [9.17, 15) is 14.4 Å². The van der Waals surface area contributed by atoms with Gasteiger partial charge >= 0.3 is 5.97 Å². The summed E-state index contributed by atoms with van der Waals surface area (Å²) in [5.74, 6) is -0.669. The maximum atomic E-state index is 12.6. The number of ether oxygens (including phenoxy) is 1. The number of oxazole rings is 1. The third-order valence-corrected chi connectivity index (χ3v) is 4.27. The second kappa shape index (κ2) is 10.4. The summed E-state index contributed by atoms with van der Waals surface area (Å²) >= 11 is 0. The van der Waals surface area contributed by atoms with E-state index >= 15 is 0 Å². The first-order valence-corrected chi connectivity index (χ1v) is 9.59. The number of aryl methyl sites for hydroxylation is 1. The first kappa shape index (κ1) is 22.9. The third-order valence-electron chi connectivity index (χ3n) is 4.27. The highest BCUT2D eigenvalue weighted by molar-refractivity contribution is 5.94. The van der Waals surface area contributed by atoms with Gasteiger partial charge in [-0.2, -0.15) is 0 Å². The zero-order valence-electron chi connectivity index (χ0n) is 17.5. The molecule has 0 aliphatic rings. The number of hydrogen-bond acceptors (Lipinski definition) is 6. The van der Waals surface area contributed by atoms with Crippen molar-refractivity contribution < 1.29 is 28.6 Å². The molecule has 1 unspecified atom stereocenters. The maximum absolute atomic E-state index is 12.6. The van der Waals surface area contributed by atoms with E-state index in [-0.39, 0.29) is 35.6 Å². The van der Waals surface area contributed by atoms with Crippen LogP contribution in [0.2, 0.25) is 0 Å². The highest BCUT2D eigenvalue weighted by Crippen LogP contribution is 2.23. The van der Waals surface area contributed by atoms with Crippen molar-refractivity contribution in [3.05, 3.63) is 47.2 Å². The number of carbonyl (C=O) groups is 3. The van der Waals surface area contributed by atoms with Crippen molar-refractivity contribution in [2.24, 2.45) is 5.92 Å². The fourth-order valence-corrected chi connectivity index (χ4v) is 2.92. The van der Waals surface area contributed by atoms with Gasteiger partial charge in [-0.3, -0.25) is 14.4 Å². The van der Waals surface area contributed by atoms with Gasteiger partial charge in [-0.1, -0.05) is 26.0 Å². The van der Waals surface area contributed by atoms with Gasteiger partial charge in [0.25, 0.3) is 5.91 Å². The molecule has 1 heterocycles. The summed E-state index contributed by atoms with van der Waals surface area (Å²) in [6.07, 6.45) is 0.706. The second-order valence-electron chi connectivity index (χ2n) is 7.31. The molecule has 0 aliphatic heterocycles. The molecular weight excluding hydrogens is 390 g/mol. The minimum Gasteiger partial charge on any atom is -0.497 e. The van der Waals surface area contributed by atoms with Crippen LogP contribution in [0.15, 0.2) is 28.7 Å². The average Bonchev–Trinajstić information content (AvgIpc) is 3.07. The summed E-state index contributed by atoms with van der Waals surface area (Å²) in [6, 6.07) is 6.71. The lowest BCUT2D eigenvalue weighted by atomic mass is 10.0. The van der Waals surface area contributed by atoms with Crippen LogP contribution in [-0.4, -0.2) is 41.5 Å². The number of nitrogens with one attached hydrogen (secondary N) is 2. The lowest BCUT2D eigenvalue weighted by molar-refractivity contribution is -0.135. The number of benzene rings is 1. The first-order valence-electron chi connectivity index (χ1n) is 9.59. The van der Waals surface area contributed by atoms with Crippen LogP contribution in [0.25, 0.3) is 0 Å². The van der Waals surface area contributed by atoms with Gasteiger partial charge in [-0.05, 0) is 37.0 Å². The quantitative estimate of drug-likeness (QED) is 0.540. The van der Waals surface area contributed by atoms with Gasteiger partial charge in [0.2, 0.25) is 11.8 Å². The van der Waals surface area contributed by atoms with Crippen LogP contribution in [0.4, 0.5) is 0 Å². The van der Waals surface area contributed by atoms with Gasteiger partial charge in [0.05, 0.1) is 13.5 Å². The van der Waals surface area contributed by atoms with Crippen molar-refractivity contribution in [2.75, 3.05) is 13.7 Å². The number of nitrogens with zero attached hydrogens (tertiary/aromatic N) is 1. The standard InChI is InChI=1S/C21H27N3O6/c1-12(2)8-16(23-17(25)10-14-6-5-7-15(9-14)29-4)21-24-19(13(3)30-21)20(28)22-11-18(26)27/h5-7,9,12,16H,8,10-11H2,1-4H3,(H,22,28)(H,23,25)(H,26,27). The van der Waals surface area contributed by atoms with Crippen LogP contribution >= 0.6 is 0 Å². The Bertz CT molecular complexity index is 906. The smallest absolute Gasteiger partial charge is 0.322 e. The van der Waals surface area contributed by atoms with E-state index in [4.69, 9.17) is 14.3 Å². The van der Waals surface area contributed by atoms with Crippen molar-refractivity contribution in [3.63, 3.8) is 0 Å². The van der Waals surface area contributed by atoms with Crippen LogP contribution in [-0.2, 0) is 16.0 Å². The topological polar surface area (TPSA) is 131 Å². The van der Waals surface area contributed by atoms with Crippen molar-refractivity contribution in [3.8, 4) is 5.75 Å². The number of carbonyl (C=O) groups excluding carboxylic acids is 2. The molecule has 1 atom stereocenters. The molecule has 0 saturated carbocycles. The molecule has 0 saturated heterocycles. The Kier molecular flexibility index (Phi) is 7.97. The molecule has 0 radical (unpaired) electrons. The maximum Gasteiger partial charge on any atom is 0.322 e. The molecule has 2 amide bonds. The Morgan fingerprint density at radius 3 is 2.63 bits per heavy atom. The molecule has 3 N–H and O–H groups in total. The van der Waals surface area contributed by atoms with E-state index in [0.717, 1.165) is 5.56 Å². The number of hydrogen-bond donors (Lipinski definition) is 3. The predicted molar refractivity (Wildman–Crippen MR) is 108 cm³/mol. The van der Waals surface area contributed by atoms with Gasteiger partial charge in [0.15, 0.2) is 5.69 Å². The monoisotopic (exact) mass is 417 g/mol. The molecule has 30 heavy (non-hydrogen) atoms. The highest BCUT2D eigenvalue weighted by atomic mass is 16.5. The van der Waals surface area contributed by atoms with Crippen molar-refractivity contribution in [2.45, 2.75) is 39.7 Å². The predicted octanol–water partition coefficient (Wildman–Crippen LogP) is 2.25. The summed E-state index contributed by atoms with van der Waals surface area (Å²) in [5, 5.41) is 13.9. The normalized spacial score (nSPS) is 11.8. The highest BCUT2D eigenvalue weighted by Gasteiger charge is 2.25. The molecule has 1 aromatic carbocycles. The third kappa shape index (κ3) is 6.61. The number of aliphatic carboxylic acids is 1. The Morgan fingerprint density at radius 2 is 2.00 bits per heavy atom. The molecule has 9 heteroatoms. The van der Waals surface area contributed by atoms with Crippen LogP contribution in [0.5, 0.6) is 5.75 Å². The summed E-state index contributed by atoms with van der Waals surface area (Å²) in [7, 11) is 1.56. The van der Waals surface area contributed by atoms with E-state index in [1.807, 2.05) is 26.0 Å². The van der Waals surface area contributed by atoms with E-state index in [1.165, 1.54) is 0 Å². The number of rotatable bonds is 10. The lowest BCUT2D eigenvalue weighted by Crippen LogP contribution is -2.31. The van der Waals surface area contributed by atoms with Gasteiger partial charge in [0.1, 0.15) is 24.1 Å². The molecular formula is C21H27N3O6. The molecule has 9 nitrogen and oxygen atoms in total. The van der Waals surface area contributed by atoms with Crippen molar-refractivity contribution >= 4 is 17.8 Å². The Balaban J connectivity index is 2.15. The summed E-state index contributed by atoms with van der Waals surface area (Å²) in [4.78, 5) is 39.6. The van der Waals surface area contributed by atoms with E-state index < -0.39 is 24.5 Å². The van der Waals surface area contributed by atoms with Crippen LogP contribution in [0.3, 0.4) is 0 Å². The van der Waals surface area contributed by atoms with Gasteiger partial charge in [-0.15, -0.1) is 0 Å². The Labute approximate surface area is 174 Å². The van der Waals surface area contributed by atoms with Crippen molar-refractivity contribution in [1.82, 2.24) is 15.6 Å². The second-order valence-corrected chi connectivity index (χ2v) is 7.31. The molecule has 2 aromatic rings. The molecule has 0 bridgehead atoms. The number of aromatic nitrogens is 1. The largest absolute Gasteiger partial charge is 0.497 e. The zero-order chi connectivity index (χ0) is 22.3. The summed E-state index contributed by atoms with van der Waals surface area (Å²) in [6.45, 7) is 5.04. The van der Waals surface area contributed by atoms with Crippen LogP contribution < -0.4 is 15.4 Å². The Hall–Kier alpha value is -3.36. The van der Waals surface area contributed by atoms with E-state index in [1.54, 1.807) is 26.2 Å². The number of amides is 2. The number of carboxylic acid groups (broad SMARTS) is 1. The molecule has 0 spiro atoms. The number of methoxy groups -OCH3 is 1. The Morgan fingerprint density at radius 1 is 1.27 bits per heavy atom. The van der Waals surface area contributed by atoms with Crippen LogP contribution in [0.1, 0.15) is 54.0 Å². The summed E-state index contributed by atoms with van der Waals surface area (Å²) in [5.41, 5.74) is 0.800. The lowest BCUT2D eigenvalue weighted by Gasteiger charge is -2.18. The molecule has 2 rings (SSSR count). The minimum atomic E-state index is -1.16. The summed E-state index contributed by atoms with van der Waals surface area (Å²) < 4.78 is 10.8. The van der Waals surface area contributed by atoms with Gasteiger partial charge < -0.3 is 24.9 Å². The van der Waals surface area contributed by atoms with Crippen molar-refractivity contribution in [1.29, 1.82) is 0 Å². The molecule has 0 fully saturated rings. The molecule has 0 aliphatic carbocycles. The molecule has 1 aromatic heterocycles. The van der Waals surface area contributed by atoms with Crippen LogP contribution in [0, 0.1) is 12.8 Å². The zero-order valence-corrected chi connectivity index (χ0v) is 17.5.